The van der Waals surface area contributed by atoms with Crippen molar-refractivity contribution in [3.05, 3.63) is 0 Å². The van der Waals surface area contributed by atoms with Crippen molar-refractivity contribution in [1.82, 2.24) is 0 Å². The Bertz CT molecular complexity index is 447. The summed E-state index contributed by atoms with van der Waals surface area (Å²) < 4.78 is 0. The zero-order valence-electron chi connectivity index (χ0n) is 11.8. The van der Waals surface area contributed by atoms with Crippen molar-refractivity contribution in [3.63, 3.8) is 0 Å². The van der Waals surface area contributed by atoms with Crippen molar-refractivity contribution >= 4 is 23.7 Å². The van der Waals surface area contributed by atoms with Crippen LogP contribution in [0.15, 0.2) is 0 Å². The highest BCUT2D eigenvalue weighted by molar-refractivity contribution is 6.01. The largest absolute Gasteiger partial charge is 0.481 e. The summed E-state index contributed by atoms with van der Waals surface area (Å²) in [4.78, 5) is 44.7. The van der Waals surface area contributed by atoms with E-state index in [1.807, 2.05) is 0 Å². The van der Waals surface area contributed by atoms with E-state index in [1.54, 1.807) is 0 Å². The summed E-state index contributed by atoms with van der Waals surface area (Å²) >= 11 is 0. The van der Waals surface area contributed by atoms with Crippen LogP contribution < -0.4 is 11.5 Å². The lowest BCUT2D eigenvalue weighted by molar-refractivity contribution is -0.149. The Kier molecular flexibility index (Phi) is 6.46. The van der Waals surface area contributed by atoms with Gasteiger partial charge in [-0.25, -0.2) is 0 Å². The Balaban J connectivity index is 5.02. The maximum atomic E-state index is 12.0. The Hall–Kier alpha value is -2.00. The summed E-state index contributed by atoms with van der Waals surface area (Å²) in [5.74, 6) is -6.78. The third kappa shape index (κ3) is 5.48. The van der Waals surface area contributed by atoms with Gasteiger partial charge in [-0.3, -0.25) is 19.2 Å². The van der Waals surface area contributed by atoms with Crippen molar-refractivity contribution in [2.24, 2.45) is 22.8 Å². The number of ketones is 1. The molecule has 3 atom stereocenters. The highest BCUT2D eigenvalue weighted by Gasteiger charge is 2.38. The standard InChI is InChI=1S/C12H20N2O7/c1-12(2,11(20)21)4-7(14)8(15)5(9(16)17)3-6(13)10(18)19/h5-7H,3-4,13-14H2,1-2H3,(H,16,17)(H,18,19)(H,20,21)/t5?,6-,7-/m0/s1. The topological polar surface area (TPSA) is 181 Å². The van der Waals surface area contributed by atoms with Crippen molar-refractivity contribution < 1.29 is 34.5 Å². The minimum Gasteiger partial charge on any atom is -0.481 e. The summed E-state index contributed by atoms with van der Waals surface area (Å²) in [5, 5.41) is 26.6. The fraction of sp³-hybridized carbons (Fsp3) is 0.667. The van der Waals surface area contributed by atoms with Crippen LogP contribution in [-0.2, 0) is 19.2 Å². The van der Waals surface area contributed by atoms with Gasteiger partial charge in [0.25, 0.3) is 0 Å². The van der Waals surface area contributed by atoms with Gasteiger partial charge in [0.15, 0.2) is 5.78 Å². The van der Waals surface area contributed by atoms with Crippen LogP contribution in [0, 0.1) is 11.3 Å². The van der Waals surface area contributed by atoms with Crippen LogP contribution >= 0.6 is 0 Å². The van der Waals surface area contributed by atoms with Crippen LogP contribution in [0.5, 0.6) is 0 Å². The minimum absolute atomic E-state index is 0.271. The monoisotopic (exact) mass is 304 g/mol. The fourth-order valence-corrected chi connectivity index (χ4v) is 1.69. The second kappa shape index (κ2) is 7.14. The third-order valence-electron chi connectivity index (χ3n) is 3.12. The summed E-state index contributed by atoms with van der Waals surface area (Å²) in [6.45, 7) is 2.70. The van der Waals surface area contributed by atoms with Gasteiger partial charge in [0.1, 0.15) is 12.0 Å². The SMILES string of the molecule is CC(C)(C[C@H](N)C(=O)C(C[C@H](N)C(=O)O)C(=O)O)C(=O)O. The second-order valence-corrected chi connectivity index (χ2v) is 5.47. The average Bonchev–Trinajstić information content (AvgIpc) is 2.33. The zero-order valence-corrected chi connectivity index (χ0v) is 11.8. The van der Waals surface area contributed by atoms with E-state index in [2.05, 4.69) is 0 Å². The van der Waals surface area contributed by atoms with Gasteiger partial charge in [-0.05, 0) is 26.7 Å². The minimum atomic E-state index is -1.68. The van der Waals surface area contributed by atoms with Crippen LogP contribution in [0.2, 0.25) is 0 Å². The maximum absolute atomic E-state index is 12.0. The van der Waals surface area contributed by atoms with Gasteiger partial charge < -0.3 is 26.8 Å². The van der Waals surface area contributed by atoms with E-state index in [9.17, 15) is 19.2 Å². The van der Waals surface area contributed by atoms with Crippen LogP contribution in [0.25, 0.3) is 0 Å². The van der Waals surface area contributed by atoms with Crippen molar-refractivity contribution in [2.45, 2.75) is 38.8 Å². The summed E-state index contributed by atoms with van der Waals surface area (Å²) in [7, 11) is 0. The third-order valence-corrected chi connectivity index (χ3v) is 3.12. The Morgan fingerprint density at radius 2 is 1.43 bits per heavy atom. The number of hydrogen-bond acceptors (Lipinski definition) is 6. The first kappa shape index (κ1) is 19.0. The number of carboxylic acids is 3. The molecule has 0 saturated heterocycles. The lowest BCUT2D eigenvalue weighted by Crippen LogP contribution is -2.46. The number of carbonyl (C=O) groups excluding carboxylic acids is 1. The molecule has 9 heteroatoms. The van der Waals surface area contributed by atoms with Gasteiger partial charge in [-0.2, -0.15) is 0 Å². The van der Waals surface area contributed by atoms with Crippen LogP contribution in [0.1, 0.15) is 26.7 Å². The highest BCUT2D eigenvalue weighted by atomic mass is 16.4. The molecule has 0 fully saturated rings. The number of Topliss-reactive ketones (excluding diaryl/α,β-unsaturated/α-hetero) is 1. The number of aliphatic carboxylic acids is 3. The predicted octanol–water partition coefficient (Wildman–Crippen LogP) is -1.11. The number of hydrogen-bond donors (Lipinski definition) is 5. The molecule has 0 aromatic rings. The Morgan fingerprint density at radius 1 is 0.952 bits per heavy atom. The van der Waals surface area contributed by atoms with Gasteiger partial charge in [-0.15, -0.1) is 0 Å². The van der Waals surface area contributed by atoms with Crippen molar-refractivity contribution in [3.8, 4) is 0 Å². The second-order valence-electron chi connectivity index (χ2n) is 5.47. The molecule has 0 amide bonds. The molecule has 0 radical (unpaired) electrons. The van der Waals surface area contributed by atoms with E-state index in [1.165, 1.54) is 13.8 Å². The lowest BCUT2D eigenvalue weighted by atomic mass is 9.81. The van der Waals surface area contributed by atoms with E-state index in [0.717, 1.165) is 0 Å². The molecule has 7 N–H and O–H groups in total. The zero-order chi connectivity index (χ0) is 17.0. The Morgan fingerprint density at radius 3 is 1.76 bits per heavy atom. The number of rotatable bonds is 9. The van der Waals surface area contributed by atoms with E-state index in [-0.39, 0.29) is 6.42 Å². The molecular weight excluding hydrogens is 284 g/mol. The molecule has 0 aliphatic carbocycles. The van der Waals surface area contributed by atoms with Crippen LogP contribution in [0.3, 0.4) is 0 Å². The van der Waals surface area contributed by atoms with Gasteiger partial charge in [0.05, 0.1) is 11.5 Å². The average molecular weight is 304 g/mol. The molecule has 0 aromatic heterocycles. The summed E-state index contributed by atoms with van der Waals surface area (Å²) in [6.07, 6.45) is -0.877. The number of carbonyl (C=O) groups is 4. The molecule has 21 heavy (non-hydrogen) atoms. The molecule has 120 valence electrons. The molecule has 1 unspecified atom stereocenters. The molecule has 0 aliphatic heterocycles. The first-order valence-corrected chi connectivity index (χ1v) is 6.14. The van der Waals surface area contributed by atoms with Gasteiger partial charge in [0, 0.05) is 0 Å². The van der Waals surface area contributed by atoms with Gasteiger partial charge in [0.2, 0.25) is 0 Å². The number of carboxylic acid groups (broad SMARTS) is 3. The smallest absolute Gasteiger partial charge is 0.320 e. The quantitative estimate of drug-likeness (QED) is 0.330. The molecule has 0 rings (SSSR count). The molecule has 0 saturated carbocycles. The predicted molar refractivity (Wildman–Crippen MR) is 70.4 cm³/mol. The molecule has 9 nitrogen and oxygen atoms in total. The molecule has 0 aromatic carbocycles. The first-order valence-electron chi connectivity index (χ1n) is 6.14. The fourth-order valence-electron chi connectivity index (χ4n) is 1.69. The molecule has 0 heterocycles. The summed E-state index contributed by atoms with van der Waals surface area (Å²) in [6, 6.07) is -2.85. The molecular formula is C12H20N2O7. The van der Waals surface area contributed by atoms with Crippen LogP contribution in [0.4, 0.5) is 0 Å². The normalized spacial score (nSPS) is 15.8. The highest BCUT2D eigenvalue weighted by Crippen LogP contribution is 2.24. The first-order chi connectivity index (χ1) is 9.40. The van der Waals surface area contributed by atoms with Crippen LogP contribution in [-0.4, -0.2) is 51.1 Å². The maximum Gasteiger partial charge on any atom is 0.320 e. The van der Waals surface area contributed by atoms with Crippen molar-refractivity contribution in [2.75, 3.05) is 0 Å². The Labute approximate surface area is 120 Å². The van der Waals surface area contributed by atoms with E-state index < -0.39 is 53.5 Å². The van der Waals surface area contributed by atoms with E-state index >= 15 is 0 Å². The molecule has 0 aliphatic rings. The van der Waals surface area contributed by atoms with E-state index in [4.69, 9.17) is 26.8 Å². The molecule has 0 spiro atoms. The van der Waals surface area contributed by atoms with Gasteiger partial charge >= 0.3 is 17.9 Å². The van der Waals surface area contributed by atoms with Gasteiger partial charge in [-0.1, -0.05) is 0 Å². The van der Waals surface area contributed by atoms with Crippen molar-refractivity contribution in [1.29, 1.82) is 0 Å². The number of nitrogens with two attached hydrogens (primary N) is 2. The lowest BCUT2D eigenvalue weighted by Gasteiger charge is -2.24. The van der Waals surface area contributed by atoms with E-state index in [0.29, 0.717) is 0 Å². The molecule has 0 bridgehead atoms. The summed E-state index contributed by atoms with van der Waals surface area (Å²) in [5.41, 5.74) is 9.47.